The fourth-order valence-corrected chi connectivity index (χ4v) is 1.64. The van der Waals surface area contributed by atoms with Crippen molar-refractivity contribution in [2.24, 2.45) is 5.92 Å². The average molecular weight is 170 g/mol. The summed E-state index contributed by atoms with van der Waals surface area (Å²) in [4.78, 5) is 2.47. The van der Waals surface area contributed by atoms with Crippen molar-refractivity contribution in [2.75, 3.05) is 33.2 Å². The molecule has 0 aliphatic carbocycles. The highest BCUT2D eigenvalue weighted by Crippen LogP contribution is 2.05. The molecular formula is C10H22N2. The zero-order valence-electron chi connectivity index (χ0n) is 8.47. The van der Waals surface area contributed by atoms with Crippen molar-refractivity contribution >= 4 is 0 Å². The van der Waals surface area contributed by atoms with Crippen LogP contribution in [0, 0.1) is 5.92 Å². The molecule has 1 heterocycles. The lowest BCUT2D eigenvalue weighted by atomic mass is 10.0. The van der Waals surface area contributed by atoms with Crippen LogP contribution in [0.5, 0.6) is 0 Å². The van der Waals surface area contributed by atoms with Gasteiger partial charge in [0.05, 0.1) is 0 Å². The van der Waals surface area contributed by atoms with Crippen LogP contribution in [0.15, 0.2) is 0 Å². The van der Waals surface area contributed by atoms with Gasteiger partial charge in [-0.05, 0) is 25.9 Å². The molecule has 2 heteroatoms. The molecule has 0 radical (unpaired) electrons. The number of unbranched alkanes of at least 4 members (excludes halogenated alkanes) is 2. The number of hydrogen-bond donors (Lipinski definition) is 1. The molecular weight excluding hydrogens is 148 g/mol. The molecule has 1 aliphatic rings. The molecule has 2 nitrogen and oxygen atoms in total. The molecule has 1 N–H and O–H groups in total. The van der Waals surface area contributed by atoms with Gasteiger partial charge in [0.1, 0.15) is 0 Å². The molecule has 1 rings (SSSR count). The van der Waals surface area contributed by atoms with Gasteiger partial charge >= 0.3 is 0 Å². The van der Waals surface area contributed by atoms with Gasteiger partial charge in [0.25, 0.3) is 0 Å². The summed E-state index contributed by atoms with van der Waals surface area (Å²) in [6.07, 6.45) is 4.08. The quantitative estimate of drug-likeness (QED) is 0.605. The van der Waals surface area contributed by atoms with Gasteiger partial charge in [0, 0.05) is 19.6 Å². The minimum Gasteiger partial charge on any atom is -0.316 e. The Morgan fingerprint density at radius 1 is 1.33 bits per heavy atom. The van der Waals surface area contributed by atoms with E-state index in [0.29, 0.717) is 0 Å². The molecule has 0 atom stereocenters. The summed E-state index contributed by atoms with van der Waals surface area (Å²) in [6.45, 7) is 7.30. The Hall–Kier alpha value is -0.0800. The second kappa shape index (κ2) is 5.55. The molecule has 0 spiro atoms. The number of nitrogens with zero attached hydrogens (tertiary/aromatic N) is 1. The largest absolute Gasteiger partial charge is 0.316 e. The fourth-order valence-electron chi connectivity index (χ4n) is 1.64. The van der Waals surface area contributed by atoms with Crippen LogP contribution in [0.4, 0.5) is 0 Å². The summed E-state index contributed by atoms with van der Waals surface area (Å²) in [7, 11) is 2.24. The molecule has 1 saturated heterocycles. The summed E-state index contributed by atoms with van der Waals surface area (Å²) in [5.74, 6) is 0.927. The fraction of sp³-hybridized carbons (Fsp3) is 1.00. The lowest BCUT2D eigenvalue weighted by Crippen LogP contribution is -2.47. The molecule has 0 unspecified atom stereocenters. The van der Waals surface area contributed by atoms with E-state index < -0.39 is 0 Å². The minimum atomic E-state index is 0.927. The van der Waals surface area contributed by atoms with Crippen LogP contribution < -0.4 is 5.32 Å². The third-order valence-electron chi connectivity index (χ3n) is 2.58. The Bertz CT molecular complexity index is 110. The normalized spacial score (nSPS) is 18.2. The molecule has 0 saturated carbocycles. The van der Waals surface area contributed by atoms with Crippen molar-refractivity contribution in [3.8, 4) is 0 Å². The summed E-state index contributed by atoms with van der Waals surface area (Å²) in [5, 5.41) is 3.31. The van der Waals surface area contributed by atoms with E-state index in [1.54, 1.807) is 0 Å². The van der Waals surface area contributed by atoms with E-state index >= 15 is 0 Å². The highest BCUT2D eigenvalue weighted by molar-refractivity contribution is 4.76. The Labute approximate surface area is 76.3 Å². The summed E-state index contributed by atoms with van der Waals surface area (Å²) in [6, 6.07) is 0. The minimum absolute atomic E-state index is 0.927. The van der Waals surface area contributed by atoms with Crippen LogP contribution in [0.25, 0.3) is 0 Å². The van der Waals surface area contributed by atoms with E-state index in [9.17, 15) is 0 Å². The van der Waals surface area contributed by atoms with Crippen LogP contribution >= 0.6 is 0 Å². The van der Waals surface area contributed by atoms with Gasteiger partial charge in [0.2, 0.25) is 0 Å². The van der Waals surface area contributed by atoms with Crippen molar-refractivity contribution in [1.82, 2.24) is 10.2 Å². The van der Waals surface area contributed by atoms with Gasteiger partial charge in [-0.25, -0.2) is 0 Å². The molecule has 0 aromatic rings. The first-order chi connectivity index (χ1) is 5.83. The van der Waals surface area contributed by atoms with E-state index in [1.807, 2.05) is 0 Å². The first-order valence-electron chi connectivity index (χ1n) is 5.22. The maximum absolute atomic E-state index is 3.31. The van der Waals surface area contributed by atoms with Gasteiger partial charge in [-0.15, -0.1) is 0 Å². The first kappa shape index (κ1) is 10.0. The maximum atomic E-state index is 3.31. The first-order valence-corrected chi connectivity index (χ1v) is 5.22. The number of nitrogens with one attached hydrogen (secondary N) is 1. The van der Waals surface area contributed by atoms with E-state index in [4.69, 9.17) is 0 Å². The van der Waals surface area contributed by atoms with Crippen LogP contribution in [0.1, 0.15) is 26.2 Å². The maximum Gasteiger partial charge on any atom is 0.00309 e. The molecule has 0 aromatic carbocycles. The van der Waals surface area contributed by atoms with Crippen molar-refractivity contribution in [1.29, 1.82) is 0 Å². The predicted octanol–water partition coefficient (Wildman–Crippen LogP) is 1.33. The van der Waals surface area contributed by atoms with Gasteiger partial charge in [-0.3, -0.25) is 0 Å². The van der Waals surface area contributed by atoms with Gasteiger partial charge in [-0.2, -0.15) is 0 Å². The van der Waals surface area contributed by atoms with E-state index in [2.05, 4.69) is 24.2 Å². The van der Waals surface area contributed by atoms with Crippen molar-refractivity contribution in [2.45, 2.75) is 26.2 Å². The Balaban J connectivity index is 1.91. The summed E-state index contributed by atoms with van der Waals surface area (Å²) < 4.78 is 0. The number of rotatable bonds is 6. The third-order valence-corrected chi connectivity index (χ3v) is 2.58. The average Bonchev–Trinajstić information content (AvgIpc) is 1.98. The predicted molar refractivity (Wildman–Crippen MR) is 53.4 cm³/mol. The van der Waals surface area contributed by atoms with Crippen molar-refractivity contribution < 1.29 is 0 Å². The lowest BCUT2D eigenvalue weighted by Gasteiger charge is -2.31. The van der Waals surface area contributed by atoms with Crippen LogP contribution in [-0.2, 0) is 0 Å². The van der Waals surface area contributed by atoms with Gasteiger partial charge < -0.3 is 10.2 Å². The second-order valence-electron chi connectivity index (χ2n) is 3.99. The van der Waals surface area contributed by atoms with Crippen LogP contribution in [0.3, 0.4) is 0 Å². The SMILES string of the molecule is CCCCCN(C)CC1CNC1. The zero-order valence-corrected chi connectivity index (χ0v) is 8.47. The summed E-state index contributed by atoms with van der Waals surface area (Å²) >= 11 is 0. The van der Waals surface area contributed by atoms with E-state index in [0.717, 1.165) is 5.92 Å². The second-order valence-corrected chi connectivity index (χ2v) is 3.99. The molecule has 1 aliphatic heterocycles. The lowest BCUT2D eigenvalue weighted by molar-refractivity contribution is 0.221. The van der Waals surface area contributed by atoms with Crippen molar-refractivity contribution in [3.63, 3.8) is 0 Å². The van der Waals surface area contributed by atoms with Crippen LogP contribution in [0.2, 0.25) is 0 Å². The zero-order chi connectivity index (χ0) is 8.81. The number of hydrogen-bond acceptors (Lipinski definition) is 2. The third kappa shape index (κ3) is 3.55. The molecule has 12 heavy (non-hydrogen) atoms. The Kier molecular flexibility index (Phi) is 4.62. The van der Waals surface area contributed by atoms with E-state index in [-0.39, 0.29) is 0 Å². The molecule has 1 fully saturated rings. The topological polar surface area (TPSA) is 15.3 Å². The molecule has 72 valence electrons. The Morgan fingerprint density at radius 3 is 2.58 bits per heavy atom. The Morgan fingerprint density at radius 2 is 2.08 bits per heavy atom. The monoisotopic (exact) mass is 170 g/mol. The highest BCUT2D eigenvalue weighted by Gasteiger charge is 2.17. The summed E-state index contributed by atoms with van der Waals surface area (Å²) in [5.41, 5.74) is 0. The van der Waals surface area contributed by atoms with Crippen molar-refractivity contribution in [3.05, 3.63) is 0 Å². The van der Waals surface area contributed by atoms with Gasteiger partial charge in [0.15, 0.2) is 0 Å². The van der Waals surface area contributed by atoms with Gasteiger partial charge in [-0.1, -0.05) is 19.8 Å². The smallest absolute Gasteiger partial charge is 0.00309 e. The molecule has 0 amide bonds. The molecule has 0 aromatic heterocycles. The standard InChI is InChI=1S/C10H22N2/c1-3-4-5-6-12(2)9-10-7-11-8-10/h10-11H,3-9H2,1-2H3. The van der Waals surface area contributed by atoms with E-state index in [1.165, 1.54) is 45.4 Å². The molecule has 0 bridgehead atoms. The highest BCUT2D eigenvalue weighted by atomic mass is 15.1. The van der Waals surface area contributed by atoms with Crippen LogP contribution in [-0.4, -0.2) is 38.1 Å².